The molecule has 0 aliphatic rings. The first-order chi connectivity index (χ1) is 44.9. The van der Waals surface area contributed by atoms with Crippen molar-refractivity contribution >= 4 is 35.8 Å². The van der Waals surface area contributed by atoms with Crippen LogP contribution in [0.2, 0.25) is 0 Å². The van der Waals surface area contributed by atoms with E-state index in [0.29, 0.717) is 25.7 Å². The Hall–Kier alpha value is -3.26. The second kappa shape index (κ2) is 80.2. The van der Waals surface area contributed by atoms with Gasteiger partial charge in [-0.25, -0.2) is 0 Å². The Morgan fingerprint density at radius 1 is 0.228 bits per heavy atom. The zero-order valence-electron chi connectivity index (χ0n) is 60.7. The molecular weight excluding hydrogens is 1160 g/mol. The quantitative estimate of drug-likeness (QED) is 0.0253. The molecule has 0 saturated carbocycles. The van der Waals surface area contributed by atoms with Crippen LogP contribution >= 0.6 is 0 Å². The standard InChI is InChI=1S/2C37H72O5.C4H6O4/c2*1-3-5-7-9-11-13-15-17-18-20-22-24-26-28-30-32-37(40)42-35(33-38)34-41-36(39)31-29-27-25-23-21-19-16-14-12-10-8-6-4-2;5-3(6)1-2-4(7)8/h2*35,38H,3-34H2,1-2H3;1-2H2,(H,5,6)(H,7,8). The number of carboxylic acids is 2. The van der Waals surface area contributed by atoms with Crippen LogP contribution in [0.4, 0.5) is 0 Å². The molecule has 0 saturated heterocycles. The summed E-state index contributed by atoms with van der Waals surface area (Å²) in [5.74, 6) is -3.31. The first-order valence-corrected chi connectivity index (χ1v) is 39.3. The van der Waals surface area contributed by atoms with E-state index in [1.165, 1.54) is 295 Å². The normalized spacial score (nSPS) is 11.7. The Morgan fingerprint density at radius 3 is 0.533 bits per heavy atom. The summed E-state index contributed by atoms with van der Waals surface area (Å²) >= 11 is 0. The van der Waals surface area contributed by atoms with Gasteiger partial charge in [0.25, 0.3) is 0 Å². The molecule has 0 fully saturated rings. The molecule has 0 aliphatic carbocycles. The number of hydrogen-bond donors (Lipinski definition) is 4. The van der Waals surface area contributed by atoms with Crippen molar-refractivity contribution in [2.45, 2.75) is 438 Å². The summed E-state index contributed by atoms with van der Waals surface area (Å²) in [4.78, 5) is 67.6. The van der Waals surface area contributed by atoms with E-state index < -0.39 is 24.1 Å². The molecule has 14 heteroatoms. The fourth-order valence-corrected chi connectivity index (χ4v) is 11.3. The zero-order valence-corrected chi connectivity index (χ0v) is 60.7. The zero-order chi connectivity index (χ0) is 68.1. The Balaban J connectivity index is -0.00000153. The summed E-state index contributed by atoms with van der Waals surface area (Å²) in [7, 11) is 0. The summed E-state index contributed by atoms with van der Waals surface area (Å²) in [6, 6.07) is 0. The number of hydrogen-bond acceptors (Lipinski definition) is 12. The predicted octanol–water partition coefficient (Wildman–Crippen LogP) is 22.3. The fourth-order valence-electron chi connectivity index (χ4n) is 11.3. The van der Waals surface area contributed by atoms with Crippen molar-refractivity contribution in [2.75, 3.05) is 26.4 Å². The number of carboxylic acid groups (broad SMARTS) is 2. The maximum atomic E-state index is 12.1. The molecule has 0 amide bonds. The van der Waals surface area contributed by atoms with Gasteiger partial charge < -0.3 is 39.4 Å². The second-order valence-corrected chi connectivity index (χ2v) is 26.6. The molecule has 0 spiro atoms. The Bertz CT molecular complexity index is 1450. The van der Waals surface area contributed by atoms with E-state index in [0.717, 1.165) is 64.2 Å². The number of carbonyl (C=O) groups excluding carboxylic acids is 4. The highest BCUT2D eigenvalue weighted by Crippen LogP contribution is 2.19. The van der Waals surface area contributed by atoms with Crippen LogP contribution in [-0.2, 0) is 47.7 Å². The van der Waals surface area contributed by atoms with Gasteiger partial charge in [0.1, 0.15) is 13.2 Å². The molecule has 92 heavy (non-hydrogen) atoms. The summed E-state index contributed by atoms with van der Waals surface area (Å²) < 4.78 is 21.2. The predicted molar refractivity (Wildman–Crippen MR) is 380 cm³/mol. The third-order valence-corrected chi connectivity index (χ3v) is 17.4. The molecule has 14 nitrogen and oxygen atoms in total. The van der Waals surface area contributed by atoms with E-state index in [9.17, 15) is 39.0 Å². The Labute approximate surface area is 565 Å². The topological polar surface area (TPSA) is 220 Å². The number of esters is 4. The highest BCUT2D eigenvalue weighted by Gasteiger charge is 2.18. The van der Waals surface area contributed by atoms with Crippen LogP contribution in [0.3, 0.4) is 0 Å². The Morgan fingerprint density at radius 2 is 0.380 bits per heavy atom. The molecule has 2 atom stereocenters. The minimum absolute atomic E-state index is 0.0572. The number of rotatable bonds is 71. The molecule has 0 aliphatic heterocycles. The molecule has 4 N–H and O–H groups in total. The van der Waals surface area contributed by atoms with Crippen LogP contribution in [-0.4, -0.2) is 94.9 Å². The lowest BCUT2D eigenvalue weighted by atomic mass is 10.0. The maximum Gasteiger partial charge on any atom is 0.306 e. The van der Waals surface area contributed by atoms with Gasteiger partial charge in [-0.15, -0.1) is 0 Å². The molecule has 0 heterocycles. The van der Waals surface area contributed by atoms with Crippen molar-refractivity contribution in [1.82, 2.24) is 0 Å². The molecule has 0 rings (SSSR count). The molecule has 0 aromatic rings. The van der Waals surface area contributed by atoms with E-state index in [2.05, 4.69) is 27.7 Å². The monoisotopic (exact) mass is 1310 g/mol. The van der Waals surface area contributed by atoms with Crippen LogP contribution in [0.15, 0.2) is 0 Å². The SMILES string of the molecule is CCCCCCCCCCCCCCCCCC(=O)OC(CO)COC(=O)CCCCCCCCCCCCCCC.CCCCCCCCCCCCCCCCCC(=O)OC(CO)COC(=O)CCCCCCCCCCCCCCC.O=C(O)CCC(=O)O. The van der Waals surface area contributed by atoms with Gasteiger partial charge in [0.05, 0.1) is 26.1 Å². The largest absolute Gasteiger partial charge is 0.481 e. The van der Waals surface area contributed by atoms with Gasteiger partial charge in [-0.1, -0.05) is 362 Å². The molecule has 0 aromatic carbocycles. The smallest absolute Gasteiger partial charge is 0.306 e. The minimum atomic E-state index is -1.08. The molecule has 546 valence electrons. The lowest BCUT2D eigenvalue weighted by Gasteiger charge is -2.15. The Kier molecular flexibility index (Phi) is 81.0. The van der Waals surface area contributed by atoms with Gasteiger partial charge in [0.15, 0.2) is 12.2 Å². The number of ether oxygens (including phenoxy) is 4. The van der Waals surface area contributed by atoms with Gasteiger partial charge in [-0.05, 0) is 25.7 Å². The summed E-state index contributed by atoms with van der Waals surface area (Å²) in [5.41, 5.74) is 0. The summed E-state index contributed by atoms with van der Waals surface area (Å²) in [5, 5.41) is 34.8. The van der Waals surface area contributed by atoms with Crippen LogP contribution in [0.1, 0.15) is 426 Å². The summed E-state index contributed by atoms with van der Waals surface area (Å²) in [6.07, 6.45) is 71.1. The van der Waals surface area contributed by atoms with Crippen LogP contribution in [0.25, 0.3) is 0 Å². The highest BCUT2D eigenvalue weighted by molar-refractivity contribution is 5.75. The van der Waals surface area contributed by atoms with Crippen molar-refractivity contribution in [3.05, 3.63) is 0 Å². The average molecular weight is 1310 g/mol. The van der Waals surface area contributed by atoms with E-state index in [1.807, 2.05) is 0 Å². The third kappa shape index (κ3) is 82.8. The molecule has 2 unspecified atom stereocenters. The molecule has 0 aromatic heterocycles. The van der Waals surface area contributed by atoms with Gasteiger partial charge in [0.2, 0.25) is 0 Å². The van der Waals surface area contributed by atoms with Crippen molar-refractivity contribution in [3.63, 3.8) is 0 Å². The lowest BCUT2D eigenvalue weighted by molar-refractivity contribution is -0.161. The average Bonchev–Trinajstić information content (AvgIpc) is 3.77. The first-order valence-electron chi connectivity index (χ1n) is 39.3. The van der Waals surface area contributed by atoms with Gasteiger partial charge >= 0.3 is 35.8 Å². The first kappa shape index (κ1) is 92.9. The third-order valence-electron chi connectivity index (χ3n) is 17.4. The van der Waals surface area contributed by atoms with Gasteiger partial charge in [0, 0.05) is 25.7 Å². The van der Waals surface area contributed by atoms with Crippen LogP contribution in [0.5, 0.6) is 0 Å². The van der Waals surface area contributed by atoms with Crippen molar-refractivity contribution < 1.29 is 68.1 Å². The second-order valence-electron chi connectivity index (χ2n) is 26.6. The number of unbranched alkanes of at least 4 members (excludes halogenated alkanes) is 52. The van der Waals surface area contributed by atoms with E-state index in [-0.39, 0.29) is 63.1 Å². The lowest BCUT2D eigenvalue weighted by Crippen LogP contribution is -2.28. The minimum Gasteiger partial charge on any atom is -0.481 e. The van der Waals surface area contributed by atoms with E-state index >= 15 is 0 Å². The summed E-state index contributed by atoms with van der Waals surface area (Å²) in [6.45, 7) is 8.30. The highest BCUT2D eigenvalue weighted by atomic mass is 16.6. The molecule has 0 radical (unpaired) electrons. The van der Waals surface area contributed by atoms with Crippen molar-refractivity contribution in [3.8, 4) is 0 Å². The van der Waals surface area contributed by atoms with Crippen molar-refractivity contribution in [1.29, 1.82) is 0 Å². The number of aliphatic hydroxyl groups is 2. The van der Waals surface area contributed by atoms with Crippen LogP contribution in [0, 0.1) is 0 Å². The number of carbonyl (C=O) groups is 6. The molecule has 0 bridgehead atoms. The maximum absolute atomic E-state index is 12.1. The van der Waals surface area contributed by atoms with Gasteiger partial charge in [-0.3, -0.25) is 28.8 Å². The fraction of sp³-hybridized carbons (Fsp3) is 0.923. The number of aliphatic hydroxyl groups excluding tert-OH is 2. The number of aliphatic carboxylic acids is 2. The molecular formula is C78H150O14. The van der Waals surface area contributed by atoms with Gasteiger partial charge in [-0.2, -0.15) is 0 Å². The van der Waals surface area contributed by atoms with Crippen molar-refractivity contribution in [2.24, 2.45) is 0 Å². The van der Waals surface area contributed by atoms with Crippen LogP contribution < -0.4 is 0 Å². The van der Waals surface area contributed by atoms with E-state index in [1.54, 1.807) is 0 Å². The van der Waals surface area contributed by atoms with E-state index in [4.69, 9.17) is 29.2 Å².